The molecule has 2 aromatic carbocycles. The molecule has 0 aliphatic rings. The summed E-state index contributed by atoms with van der Waals surface area (Å²) < 4.78 is 11.4. The van der Waals surface area contributed by atoms with Crippen LogP contribution in [0, 0.1) is 0 Å². The number of hydrogen-bond donors (Lipinski definition) is 2. The van der Waals surface area contributed by atoms with Crippen LogP contribution in [0.2, 0.25) is 0 Å². The van der Waals surface area contributed by atoms with E-state index in [2.05, 4.69) is 0 Å². The molecule has 2 aromatic rings. The van der Waals surface area contributed by atoms with Crippen LogP contribution in [-0.2, 0) is 6.61 Å². The molecule has 0 saturated carbocycles. The first-order chi connectivity index (χ1) is 10.2. The molecule has 112 valence electrons. The summed E-state index contributed by atoms with van der Waals surface area (Å²) in [5, 5.41) is 9.41. The van der Waals surface area contributed by atoms with Gasteiger partial charge in [0.05, 0.1) is 13.7 Å². The fourth-order valence-electron chi connectivity index (χ4n) is 2.24. The largest absolute Gasteiger partial charge is 0.496 e. The molecule has 0 saturated heterocycles. The molecule has 4 heteroatoms. The minimum Gasteiger partial charge on any atom is -0.496 e. The number of methoxy groups -OCH3 is 1. The monoisotopic (exact) mass is 287 g/mol. The predicted octanol–water partition coefficient (Wildman–Crippen LogP) is 2.65. The Morgan fingerprint density at radius 2 is 1.67 bits per heavy atom. The van der Waals surface area contributed by atoms with Gasteiger partial charge in [0.1, 0.15) is 17.6 Å². The Hall–Kier alpha value is -2.04. The van der Waals surface area contributed by atoms with Gasteiger partial charge in [0.15, 0.2) is 0 Å². The van der Waals surface area contributed by atoms with E-state index in [1.807, 2.05) is 55.5 Å². The normalized spacial score (nSPS) is 13.5. The molecule has 0 bridgehead atoms. The summed E-state index contributed by atoms with van der Waals surface area (Å²) in [6.45, 7) is 1.81. The van der Waals surface area contributed by atoms with E-state index in [9.17, 15) is 5.11 Å². The van der Waals surface area contributed by atoms with Gasteiger partial charge in [0, 0.05) is 17.2 Å². The van der Waals surface area contributed by atoms with Gasteiger partial charge in [-0.1, -0.05) is 36.4 Å². The van der Waals surface area contributed by atoms with Gasteiger partial charge in [-0.05, 0) is 19.1 Å². The molecule has 4 nitrogen and oxygen atoms in total. The SMILES string of the molecule is COc1ccccc1C(Oc1ccccc1CO)C(C)N. The van der Waals surface area contributed by atoms with Crippen LogP contribution in [0.3, 0.4) is 0 Å². The number of aliphatic hydroxyl groups excluding tert-OH is 1. The van der Waals surface area contributed by atoms with Gasteiger partial charge in [0.2, 0.25) is 0 Å². The zero-order chi connectivity index (χ0) is 15.2. The fraction of sp³-hybridized carbons (Fsp3) is 0.294. The number of para-hydroxylation sites is 2. The van der Waals surface area contributed by atoms with Crippen molar-refractivity contribution < 1.29 is 14.6 Å². The quantitative estimate of drug-likeness (QED) is 0.857. The van der Waals surface area contributed by atoms with Crippen LogP contribution < -0.4 is 15.2 Å². The molecular formula is C17H21NO3. The Kier molecular flexibility index (Phi) is 5.20. The Morgan fingerprint density at radius 1 is 1.05 bits per heavy atom. The molecule has 0 aromatic heterocycles. The van der Waals surface area contributed by atoms with Gasteiger partial charge < -0.3 is 20.3 Å². The molecule has 0 spiro atoms. The molecule has 0 radical (unpaired) electrons. The van der Waals surface area contributed by atoms with Gasteiger partial charge in [-0.2, -0.15) is 0 Å². The lowest BCUT2D eigenvalue weighted by molar-refractivity contribution is 0.169. The molecule has 2 atom stereocenters. The van der Waals surface area contributed by atoms with Crippen LogP contribution in [-0.4, -0.2) is 18.3 Å². The average molecular weight is 287 g/mol. The second-order valence-corrected chi connectivity index (χ2v) is 4.91. The predicted molar refractivity (Wildman–Crippen MR) is 82.4 cm³/mol. The van der Waals surface area contributed by atoms with Gasteiger partial charge in [-0.25, -0.2) is 0 Å². The summed E-state index contributed by atoms with van der Waals surface area (Å²) in [6.07, 6.45) is -0.353. The van der Waals surface area contributed by atoms with Gasteiger partial charge in [-0.3, -0.25) is 0 Å². The first kappa shape index (κ1) is 15.4. The third kappa shape index (κ3) is 3.54. The van der Waals surface area contributed by atoms with Crippen LogP contribution in [0.4, 0.5) is 0 Å². The highest BCUT2D eigenvalue weighted by molar-refractivity contribution is 5.38. The molecule has 2 rings (SSSR count). The molecule has 0 amide bonds. The van der Waals surface area contributed by atoms with Gasteiger partial charge in [0.25, 0.3) is 0 Å². The van der Waals surface area contributed by atoms with Crippen molar-refractivity contribution in [3.63, 3.8) is 0 Å². The van der Waals surface area contributed by atoms with E-state index < -0.39 is 0 Å². The second kappa shape index (κ2) is 7.11. The maximum atomic E-state index is 9.41. The minimum atomic E-state index is -0.353. The molecule has 3 N–H and O–H groups in total. The first-order valence-corrected chi connectivity index (χ1v) is 6.91. The standard InChI is InChI=1S/C17H21NO3/c1-12(18)17(14-8-4-6-10-16(14)20-2)21-15-9-5-3-7-13(15)11-19/h3-10,12,17,19H,11,18H2,1-2H3. The maximum Gasteiger partial charge on any atom is 0.142 e. The highest BCUT2D eigenvalue weighted by Crippen LogP contribution is 2.32. The number of rotatable bonds is 6. The summed E-state index contributed by atoms with van der Waals surface area (Å²) in [6, 6.07) is 14.8. The van der Waals surface area contributed by atoms with Crippen LogP contribution in [0.15, 0.2) is 48.5 Å². The molecule has 0 fully saturated rings. The van der Waals surface area contributed by atoms with Gasteiger partial charge >= 0.3 is 0 Å². The van der Waals surface area contributed by atoms with Crippen molar-refractivity contribution in [1.82, 2.24) is 0 Å². The number of aliphatic hydroxyl groups is 1. The zero-order valence-corrected chi connectivity index (χ0v) is 12.3. The molecule has 0 heterocycles. The number of ether oxygens (including phenoxy) is 2. The topological polar surface area (TPSA) is 64.7 Å². The second-order valence-electron chi connectivity index (χ2n) is 4.91. The Bertz CT molecular complexity index is 584. The fourth-order valence-corrected chi connectivity index (χ4v) is 2.24. The van der Waals surface area contributed by atoms with Crippen LogP contribution in [0.5, 0.6) is 11.5 Å². The number of hydrogen-bond acceptors (Lipinski definition) is 4. The number of benzene rings is 2. The summed E-state index contributed by atoms with van der Waals surface area (Å²) in [5.74, 6) is 1.37. The van der Waals surface area contributed by atoms with E-state index in [0.717, 1.165) is 16.9 Å². The minimum absolute atomic E-state index is 0.0756. The van der Waals surface area contributed by atoms with Crippen molar-refractivity contribution in [3.05, 3.63) is 59.7 Å². The lowest BCUT2D eigenvalue weighted by Crippen LogP contribution is -2.29. The average Bonchev–Trinajstić information content (AvgIpc) is 2.52. The summed E-state index contributed by atoms with van der Waals surface area (Å²) >= 11 is 0. The molecule has 0 aliphatic carbocycles. The summed E-state index contributed by atoms with van der Waals surface area (Å²) in [5.41, 5.74) is 7.71. The Balaban J connectivity index is 2.36. The van der Waals surface area contributed by atoms with E-state index in [0.29, 0.717) is 5.75 Å². The highest BCUT2D eigenvalue weighted by atomic mass is 16.5. The van der Waals surface area contributed by atoms with E-state index >= 15 is 0 Å². The van der Waals surface area contributed by atoms with Crippen molar-refractivity contribution in [2.45, 2.75) is 25.7 Å². The molecular weight excluding hydrogens is 266 g/mol. The van der Waals surface area contributed by atoms with Crippen molar-refractivity contribution in [2.24, 2.45) is 5.73 Å². The van der Waals surface area contributed by atoms with E-state index in [4.69, 9.17) is 15.2 Å². The van der Waals surface area contributed by atoms with E-state index in [1.54, 1.807) is 7.11 Å². The molecule has 2 unspecified atom stereocenters. The lowest BCUT2D eigenvalue weighted by Gasteiger charge is -2.25. The van der Waals surface area contributed by atoms with Gasteiger partial charge in [-0.15, -0.1) is 0 Å². The van der Waals surface area contributed by atoms with Crippen LogP contribution in [0.25, 0.3) is 0 Å². The maximum absolute atomic E-state index is 9.41. The molecule has 21 heavy (non-hydrogen) atoms. The number of nitrogens with two attached hydrogens (primary N) is 1. The zero-order valence-electron chi connectivity index (χ0n) is 12.3. The van der Waals surface area contributed by atoms with E-state index in [-0.39, 0.29) is 18.8 Å². The van der Waals surface area contributed by atoms with Crippen molar-refractivity contribution in [1.29, 1.82) is 0 Å². The van der Waals surface area contributed by atoms with Crippen LogP contribution in [0.1, 0.15) is 24.2 Å². The smallest absolute Gasteiger partial charge is 0.142 e. The first-order valence-electron chi connectivity index (χ1n) is 6.91. The summed E-state index contributed by atoms with van der Waals surface area (Å²) in [7, 11) is 1.62. The third-order valence-electron chi connectivity index (χ3n) is 3.32. The van der Waals surface area contributed by atoms with Crippen molar-refractivity contribution >= 4 is 0 Å². The lowest BCUT2D eigenvalue weighted by atomic mass is 10.0. The van der Waals surface area contributed by atoms with E-state index in [1.165, 1.54) is 0 Å². The Labute approximate surface area is 125 Å². The third-order valence-corrected chi connectivity index (χ3v) is 3.32. The molecule has 0 aliphatic heterocycles. The summed E-state index contributed by atoms with van der Waals surface area (Å²) in [4.78, 5) is 0. The highest BCUT2D eigenvalue weighted by Gasteiger charge is 2.22. The van der Waals surface area contributed by atoms with Crippen molar-refractivity contribution in [2.75, 3.05) is 7.11 Å². The van der Waals surface area contributed by atoms with Crippen molar-refractivity contribution in [3.8, 4) is 11.5 Å². The Morgan fingerprint density at radius 3 is 2.29 bits per heavy atom. The van der Waals surface area contributed by atoms with Crippen LogP contribution >= 0.6 is 0 Å².